The van der Waals surface area contributed by atoms with Gasteiger partial charge in [-0.05, 0) is 50.3 Å². The molecule has 4 atom stereocenters. The minimum absolute atomic E-state index is 0.0951. The fourth-order valence-corrected chi connectivity index (χ4v) is 4.34. The van der Waals surface area contributed by atoms with E-state index in [9.17, 15) is 34.2 Å². The minimum Gasteiger partial charge on any atom is -0.481 e. The van der Waals surface area contributed by atoms with Crippen molar-refractivity contribution < 1.29 is 34.2 Å². The summed E-state index contributed by atoms with van der Waals surface area (Å²) in [6.45, 7) is 0.594. The van der Waals surface area contributed by atoms with Crippen LogP contribution >= 0.6 is 0 Å². The van der Waals surface area contributed by atoms with Crippen LogP contribution in [0.1, 0.15) is 44.1 Å². The number of aliphatic carboxylic acids is 2. The predicted molar refractivity (Wildman–Crippen MR) is 158 cm³/mol. The first-order chi connectivity index (χ1) is 20.4. The lowest BCUT2D eigenvalue weighted by molar-refractivity contribution is -0.143. The molecule has 1 heterocycles. The number of amides is 3. The third kappa shape index (κ3) is 11.6. The Hall–Kier alpha value is -4.70. The van der Waals surface area contributed by atoms with E-state index in [1.165, 1.54) is 0 Å². The Morgan fingerprint density at radius 3 is 2.16 bits per heavy atom. The summed E-state index contributed by atoms with van der Waals surface area (Å²) < 4.78 is 0. The number of nitrogens with one attached hydrogen (secondary N) is 4. The number of hydrogen-bond acceptors (Lipinski definition) is 8. The third-order valence-electron chi connectivity index (χ3n) is 6.61. The number of rotatable bonds is 19. The standard InChI is InChI=1S/C27H41N9O7/c28-10-4-3-9-19(34-23(39)17(29)7-5-11-32-27(30)31)24(40)35-20(13-22(37)38)25(41)36-21(26(42)43)12-15-14-33-18-8-2-1-6-16(15)18/h1-2,6,8,14,17,19-21,33H,3-5,7,9-13,28-29H2,(H,34,39)(H,35,40)(H,36,41)(H,37,38)(H,42,43)(H4,30,31,32). The Bertz CT molecular complexity index is 1290. The van der Waals surface area contributed by atoms with Gasteiger partial charge < -0.3 is 54.1 Å². The van der Waals surface area contributed by atoms with E-state index >= 15 is 0 Å². The van der Waals surface area contributed by atoms with Crippen molar-refractivity contribution in [1.82, 2.24) is 20.9 Å². The van der Waals surface area contributed by atoms with Crippen molar-refractivity contribution in [3.05, 3.63) is 36.0 Å². The fraction of sp³-hybridized carbons (Fsp3) is 0.481. The summed E-state index contributed by atoms with van der Waals surface area (Å²) in [5, 5.41) is 27.2. The van der Waals surface area contributed by atoms with Crippen molar-refractivity contribution in [3.8, 4) is 0 Å². The van der Waals surface area contributed by atoms with E-state index in [2.05, 4.69) is 25.9 Å². The molecule has 0 bridgehead atoms. The maximum atomic E-state index is 13.2. The lowest BCUT2D eigenvalue weighted by atomic mass is 10.0. The van der Waals surface area contributed by atoms with Gasteiger partial charge in [-0.25, -0.2) is 4.79 Å². The quantitative estimate of drug-likeness (QED) is 0.0487. The Morgan fingerprint density at radius 1 is 0.860 bits per heavy atom. The number of nitrogens with zero attached hydrogens (tertiary/aromatic N) is 1. The largest absolute Gasteiger partial charge is 0.481 e. The number of aromatic nitrogens is 1. The fourth-order valence-electron chi connectivity index (χ4n) is 4.34. The van der Waals surface area contributed by atoms with Crippen LogP contribution in [-0.2, 0) is 30.4 Å². The average Bonchev–Trinajstić information content (AvgIpc) is 3.36. The number of hydrogen-bond donors (Lipinski definition) is 10. The molecule has 0 aliphatic rings. The van der Waals surface area contributed by atoms with Gasteiger partial charge in [0, 0.05) is 30.1 Å². The van der Waals surface area contributed by atoms with E-state index in [0.29, 0.717) is 31.4 Å². The number of para-hydroxylation sites is 1. The highest BCUT2D eigenvalue weighted by atomic mass is 16.4. The number of aliphatic imine (C=N–C) groups is 1. The number of carbonyl (C=O) groups is 5. The maximum absolute atomic E-state index is 13.2. The van der Waals surface area contributed by atoms with Gasteiger partial charge in [0.25, 0.3) is 0 Å². The van der Waals surface area contributed by atoms with Crippen molar-refractivity contribution in [2.75, 3.05) is 13.1 Å². The lowest BCUT2D eigenvalue weighted by Gasteiger charge is -2.24. The topological polar surface area (TPSA) is 294 Å². The highest BCUT2D eigenvalue weighted by Crippen LogP contribution is 2.19. The van der Waals surface area contributed by atoms with Crippen molar-refractivity contribution in [2.24, 2.45) is 27.9 Å². The van der Waals surface area contributed by atoms with Crippen LogP contribution in [0.15, 0.2) is 35.5 Å². The zero-order valence-electron chi connectivity index (χ0n) is 23.8. The molecule has 2 aromatic rings. The molecule has 2 rings (SSSR count). The molecule has 4 unspecified atom stereocenters. The van der Waals surface area contributed by atoms with Crippen LogP contribution < -0.4 is 38.9 Å². The van der Waals surface area contributed by atoms with Crippen LogP contribution in [0.2, 0.25) is 0 Å². The molecule has 16 heteroatoms. The van der Waals surface area contributed by atoms with Crippen LogP contribution in [-0.4, -0.2) is 88.1 Å². The highest BCUT2D eigenvalue weighted by Gasteiger charge is 2.32. The summed E-state index contributed by atoms with van der Waals surface area (Å²) in [6, 6.07) is 2.01. The number of nitrogens with two attached hydrogens (primary N) is 4. The number of benzene rings is 1. The van der Waals surface area contributed by atoms with Gasteiger partial charge in [-0.2, -0.15) is 0 Å². The van der Waals surface area contributed by atoms with Gasteiger partial charge in [-0.1, -0.05) is 18.2 Å². The number of H-pyrrole nitrogens is 1. The van der Waals surface area contributed by atoms with Crippen LogP contribution in [0.25, 0.3) is 10.9 Å². The van der Waals surface area contributed by atoms with Gasteiger partial charge in [0.2, 0.25) is 17.7 Å². The van der Waals surface area contributed by atoms with Gasteiger partial charge in [0.1, 0.15) is 18.1 Å². The number of carboxylic acid groups (broad SMARTS) is 2. The highest BCUT2D eigenvalue weighted by molar-refractivity contribution is 5.96. The molecule has 16 nitrogen and oxygen atoms in total. The van der Waals surface area contributed by atoms with E-state index in [0.717, 1.165) is 10.9 Å². The van der Waals surface area contributed by atoms with Crippen molar-refractivity contribution in [2.45, 2.75) is 69.1 Å². The molecule has 0 aliphatic carbocycles. The molecule has 236 valence electrons. The summed E-state index contributed by atoms with van der Waals surface area (Å²) in [5.74, 6) is -5.33. The van der Waals surface area contributed by atoms with Gasteiger partial charge in [-0.3, -0.25) is 24.2 Å². The molecular formula is C27H41N9O7. The first-order valence-corrected chi connectivity index (χ1v) is 13.8. The van der Waals surface area contributed by atoms with E-state index in [-0.39, 0.29) is 31.8 Å². The molecule has 0 spiro atoms. The molecule has 14 N–H and O–H groups in total. The summed E-state index contributed by atoms with van der Waals surface area (Å²) in [5.41, 5.74) is 23.5. The molecule has 3 amide bonds. The zero-order valence-corrected chi connectivity index (χ0v) is 23.8. The van der Waals surface area contributed by atoms with Crippen LogP contribution in [0.4, 0.5) is 0 Å². The number of unbranched alkanes of at least 4 members (excludes halogenated alkanes) is 1. The smallest absolute Gasteiger partial charge is 0.326 e. The Balaban J connectivity index is 2.13. The van der Waals surface area contributed by atoms with Crippen LogP contribution in [0, 0.1) is 0 Å². The van der Waals surface area contributed by atoms with Gasteiger partial charge in [-0.15, -0.1) is 0 Å². The van der Waals surface area contributed by atoms with E-state index < -0.39 is 60.2 Å². The molecule has 1 aromatic carbocycles. The van der Waals surface area contributed by atoms with E-state index in [1.807, 2.05) is 12.1 Å². The second-order valence-corrected chi connectivity index (χ2v) is 10.0. The number of guanidine groups is 1. The molecule has 0 saturated heterocycles. The van der Waals surface area contributed by atoms with Crippen LogP contribution in [0.3, 0.4) is 0 Å². The molecule has 0 saturated carbocycles. The SMILES string of the molecule is NCCCCC(NC(=O)C(N)CCCN=C(N)N)C(=O)NC(CC(=O)O)C(=O)NC(Cc1c[nH]c2ccccc12)C(=O)O. The number of aromatic amines is 1. The minimum atomic E-state index is -1.63. The van der Waals surface area contributed by atoms with E-state index in [4.69, 9.17) is 22.9 Å². The third-order valence-corrected chi connectivity index (χ3v) is 6.61. The Labute approximate surface area is 248 Å². The monoisotopic (exact) mass is 603 g/mol. The molecule has 0 aliphatic heterocycles. The Kier molecular flexibility index (Phi) is 13.9. The number of carbonyl (C=O) groups excluding carboxylic acids is 3. The molecule has 0 radical (unpaired) electrons. The zero-order chi connectivity index (χ0) is 31.9. The first kappa shape index (κ1) is 34.5. The van der Waals surface area contributed by atoms with Gasteiger partial charge in [0.05, 0.1) is 12.5 Å². The molecule has 1 aromatic heterocycles. The summed E-state index contributed by atoms with van der Waals surface area (Å²) in [6.07, 6.45) is 2.44. The van der Waals surface area contributed by atoms with E-state index in [1.54, 1.807) is 18.3 Å². The van der Waals surface area contributed by atoms with Crippen molar-refractivity contribution >= 4 is 46.5 Å². The predicted octanol–water partition coefficient (Wildman–Crippen LogP) is -1.77. The number of fused-ring (bicyclic) bond motifs is 1. The second-order valence-electron chi connectivity index (χ2n) is 10.0. The molecule has 0 fully saturated rings. The summed E-state index contributed by atoms with van der Waals surface area (Å²) in [4.78, 5) is 69.5. The van der Waals surface area contributed by atoms with Crippen molar-refractivity contribution in [3.63, 3.8) is 0 Å². The summed E-state index contributed by atoms with van der Waals surface area (Å²) in [7, 11) is 0. The lowest BCUT2D eigenvalue weighted by Crippen LogP contribution is -2.57. The first-order valence-electron chi connectivity index (χ1n) is 13.8. The summed E-state index contributed by atoms with van der Waals surface area (Å²) >= 11 is 0. The Morgan fingerprint density at radius 2 is 1.51 bits per heavy atom. The number of carboxylic acids is 2. The molecular weight excluding hydrogens is 562 g/mol. The molecule has 43 heavy (non-hydrogen) atoms. The second kappa shape index (κ2) is 17.3. The van der Waals surface area contributed by atoms with Crippen molar-refractivity contribution in [1.29, 1.82) is 0 Å². The van der Waals surface area contributed by atoms with Gasteiger partial charge >= 0.3 is 11.9 Å². The maximum Gasteiger partial charge on any atom is 0.326 e. The average molecular weight is 604 g/mol. The normalized spacial score (nSPS) is 13.7. The van der Waals surface area contributed by atoms with Gasteiger partial charge in [0.15, 0.2) is 5.96 Å². The van der Waals surface area contributed by atoms with Crippen LogP contribution in [0.5, 0.6) is 0 Å².